The normalized spacial score (nSPS) is 11.8. The van der Waals surface area contributed by atoms with Crippen LogP contribution in [0.5, 0.6) is 0 Å². The van der Waals surface area contributed by atoms with Crippen LogP contribution < -0.4 is 10.0 Å². The Labute approximate surface area is 163 Å². The minimum absolute atomic E-state index is 0.0411. The third-order valence-electron chi connectivity index (χ3n) is 3.43. The predicted octanol–water partition coefficient (Wildman–Crippen LogP) is 2.19. The molecule has 0 aliphatic heterocycles. The molecule has 0 aromatic heterocycles. The molecular formula is C17H19ClN2O5S2. The van der Waals surface area contributed by atoms with Crippen molar-refractivity contribution in [2.24, 2.45) is 0 Å². The molecule has 0 aliphatic carbocycles. The Morgan fingerprint density at radius 1 is 0.963 bits per heavy atom. The zero-order valence-electron chi connectivity index (χ0n) is 14.7. The average Bonchev–Trinajstić information content (AvgIpc) is 2.53. The summed E-state index contributed by atoms with van der Waals surface area (Å²) in [5.41, 5.74) is 1.84. The Morgan fingerprint density at radius 3 is 2.11 bits per heavy atom. The van der Waals surface area contributed by atoms with Crippen LogP contribution in [-0.2, 0) is 32.2 Å². The van der Waals surface area contributed by atoms with Gasteiger partial charge in [-0.05, 0) is 29.3 Å². The van der Waals surface area contributed by atoms with Gasteiger partial charge in [-0.25, -0.2) is 16.8 Å². The molecule has 0 bridgehead atoms. The molecule has 2 aromatic carbocycles. The Balaban J connectivity index is 2.04. The minimum atomic E-state index is -3.52. The molecule has 7 nitrogen and oxygen atoms in total. The molecule has 0 saturated carbocycles. The van der Waals surface area contributed by atoms with Crippen LogP contribution in [0.3, 0.4) is 0 Å². The van der Waals surface area contributed by atoms with Gasteiger partial charge in [0.2, 0.25) is 10.0 Å². The van der Waals surface area contributed by atoms with Crippen molar-refractivity contribution in [3.05, 3.63) is 64.2 Å². The number of sulfone groups is 1. The number of carbonyl (C=O) groups is 1. The van der Waals surface area contributed by atoms with Gasteiger partial charge >= 0.3 is 0 Å². The lowest BCUT2D eigenvalue weighted by atomic mass is 10.1. The van der Waals surface area contributed by atoms with Gasteiger partial charge < -0.3 is 5.32 Å². The van der Waals surface area contributed by atoms with Crippen molar-refractivity contribution in [2.45, 2.75) is 12.3 Å². The van der Waals surface area contributed by atoms with E-state index in [0.717, 1.165) is 11.8 Å². The maximum Gasteiger partial charge on any atom is 0.251 e. The van der Waals surface area contributed by atoms with Gasteiger partial charge in [0.25, 0.3) is 5.91 Å². The molecule has 0 saturated heterocycles. The van der Waals surface area contributed by atoms with Crippen LogP contribution in [0.4, 0.5) is 5.69 Å². The summed E-state index contributed by atoms with van der Waals surface area (Å²) in [6.07, 6.45) is 2.16. The molecule has 2 rings (SSSR count). The quantitative estimate of drug-likeness (QED) is 0.699. The van der Waals surface area contributed by atoms with E-state index in [-0.39, 0.29) is 28.6 Å². The second kappa shape index (κ2) is 8.28. The summed E-state index contributed by atoms with van der Waals surface area (Å²) in [5.74, 6) is -0.441. The highest BCUT2D eigenvalue weighted by Crippen LogP contribution is 2.24. The average molecular weight is 431 g/mol. The zero-order valence-corrected chi connectivity index (χ0v) is 17.1. The molecule has 27 heavy (non-hydrogen) atoms. The minimum Gasteiger partial charge on any atom is -0.348 e. The number of hydrogen-bond donors (Lipinski definition) is 2. The Bertz CT molecular complexity index is 1050. The van der Waals surface area contributed by atoms with Gasteiger partial charge in [0.15, 0.2) is 9.84 Å². The van der Waals surface area contributed by atoms with Gasteiger partial charge in [0.05, 0.1) is 22.7 Å². The summed E-state index contributed by atoms with van der Waals surface area (Å²) in [6, 6.07) is 11.1. The first-order valence-electron chi connectivity index (χ1n) is 7.74. The predicted molar refractivity (Wildman–Crippen MR) is 106 cm³/mol. The van der Waals surface area contributed by atoms with Crippen LogP contribution in [0.25, 0.3) is 0 Å². The van der Waals surface area contributed by atoms with Gasteiger partial charge in [-0.3, -0.25) is 9.52 Å². The second-order valence-electron chi connectivity index (χ2n) is 6.14. The van der Waals surface area contributed by atoms with Crippen molar-refractivity contribution in [1.82, 2.24) is 5.32 Å². The van der Waals surface area contributed by atoms with Crippen molar-refractivity contribution in [1.29, 1.82) is 0 Å². The monoisotopic (exact) mass is 430 g/mol. The van der Waals surface area contributed by atoms with E-state index in [4.69, 9.17) is 11.6 Å². The third kappa shape index (κ3) is 7.20. The lowest BCUT2D eigenvalue weighted by molar-refractivity contribution is 0.0951. The molecule has 2 N–H and O–H groups in total. The number of rotatable bonds is 7. The lowest BCUT2D eigenvalue weighted by Gasteiger charge is -2.10. The standard InChI is InChI=1S/C17H19ClN2O5S2/c1-26(22,23)11-13-5-3-12(4-6-13)10-19-17(21)14-7-8-15(18)16(9-14)20-27(2,24)25/h3-9,20H,10-11H2,1-2H3,(H,19,21). The summed E-state index contributed by atoms with van der Waals surface area (Å²) < 4.78 is 47.5. The number of carbonyl (C=O) groups excluding carboxylic acids is 1. The van der Waals surface area contributed by atoms with Crippen molar-refractivity contribution in [3.8, 4) is 0 Å². The highest BCUT2D eigenvalue weighted by molar-refractivity contribution is 7.92. The molecule has 0 radical (unpaired) electrons. The first kappa shape index (κ1) is 21.2. The van der Waals surface area contributed by atoms with Crippen molar-refractivity contribution >= 4 is 43.1 Å². The molecule has 1 amide bonds. The number of halogens is 1. The van der Waals surface area contributed by atoms with Crippen molar-refractivity contribution < 1.29 is 21.6 Å². The molecular weight excluding hydrogens is 412 g/mol. The summed E-state index contributed by atoms with van der Waals surface area (Å²) in [5, 5.41) is 2.89. The van der Waals surface area contributed by atoms with E-state index in [1.807, 2.05) is 0 Å². The molecule has 2 aromatic rings. The topological polar surface area (TPSA) is 109 Å². The molecule has 0 aliphatic rings. The molecule has 0 fully saturated rings. The van der Waals surface area contributed by atoms with Crippen LogP contribution in [0.1, 0.15) is 21.5 Å². The van der Waals surface area contributed by atoms with Gasteiger partial charge in [0.1, 0.15) is 0 Å². The maximum atomic E-state index is 12.3. The number of benzene rings is 2. The molecule has 0 heterocycles. The SMILES string of the molecule is CS(=O)(=O)Cc1ccc(CNC(=O)c2ccc(Cl)c(NS(C)(=O)=O)c2)cc1. The molecule has 0 atom stereocenters. The number of nitrogens with one attached hydrogen (secondary N) is 2. The van der Waals surface area contributed by atoms with E-state index in [9.17, 15) is 21.6 Å². The number of sulfonamides is 1. The third-order valence-corrected chi connectivity index (χ3v) is 5.21. The van der Waals surface area contributed by atoms with E-state index >= 15 is 0 Å². The molecule has 0 unspecified atom stereocenters. The molecule has 0 spiro atoms. The Hall–Kier alpha value is -2.10. The van der Waals surface area contributed by atoms with E-state index in [1.165, 1.54) is 24.5 Å². The fourth-order valence-corrected chi connectivity index (χ4v) is 3.87. The summed E-state index contributed by atoms with van der Waals surface area (Å²) in [7, 11) is -6.63. The Morgan fingerprint density at radius 2 is 1.56 bits per heavy atom. The highest BCUT2D eigenvalue weighted by Gasteiger charge is 2.12. The first-order valence-corrected chi connectivity index (χ1v) is 12.1. The van der Waals surface area contributed by atoms with Gasteiger partial charge in [-0.2, -0.15) is 0 Å². The molecule has 10 heteroatoms. The summed E-state index contributed by atoms with van der Waals surface area (Å²) in [6.45, 7) is 0.232. The zero-order chi connectivity index (χ0) is 20.2. The smallest absolute Gasteiger partial charge is 0.251 e. The van der Waals surface area contributed by atoms with E-state index < -0.39 is 25.8 Å². The maximum absolute atomic E-state index is 12.3. The van der Waals surface area contributed by atoms with Crippen LogP contribution in [0.15, 0.2) is 42.5 Å². The van der Waals surface area contributed by atoms with Crippen LogP contribution in [-0.4, -0.2) is 35.3 Å². The van der Waals surface area contributed by atoms with E-state index in [2.05, 4.69) is 10.0 Å². The van der Waals surface area contributed by atoms with Crippen LogP contribution in [0.2, 0.25) is 5.02 Å². The summed E-state index contributed by atoms with van der Waals surface area (Å²) >= 11 is 5.94. The largest absolute Gasteiger partial charge is 0.348 e. The number of anilines is 1. The van der Waals surface area contributed by atoms with Crippen LogP contribution in [0, 0.1) is 0 Å². The van der Waals surface area contributed by atoms with Crippen LogP contribution >= 0.6 is 11.6 Å². The van der Waals surface area contributed by atoms with Gasteiger partial charge in [-0.1, -0.05) is 35.9 Å². The highest BCUT2D eigenvalue weighted by atomic mass is 35.5. The van der Waals surface area contributed by atoms with E-state index in [1.54, 1.807) is 24.3 Å². The lowest BCUT2D eigenvalue weighted by Crippen LogP contribution is -2.23. The van der Waals surface area contributed by atoms with Gasteiger partial charge in [0, 0.05) is 18.4 Å². The number of hydrogen-bond acceptors (Lipinski definition) is 5. The van der Waals surface area contributed by atoms with Crippen molar-refractivity contribution in [2.75, 3.05) is 17.2 Å². The van der Waals surface area contributed by atoms with E-state index in [0.29, 0.717) is 5.56 Å². The fourth-order valence-electron chi connectivity index (χ4n) is 2.28. The fraction of sp³-hybridized carbons (Fsp3) is 0.235. The summed E-state index contributed by atoms with van der Waals surface area (Å²) in [4.78, 5) is 12.3. The van der Waals surface area contributed by atoms with Crippen molar-refractivity contribution in [3.63, 3.8) is 0 Å². The second-order valence-corrected chi connectivity index (χ2v) is 10.4. The Kier molecular flexibility index (Phi) is 6.50. The first-order chi connectivity index (χ1) is 12.4. The number of amides is 1. The van der Waals surface area contributed by atoms with Gasteiger partial charge in [-0.15, -0.1) is 0 Å². The molecule has 146 valence electrons.